The van der Waals surface area contributed by atoms with Crippen molar-refractivity contribution in [3.8, 4) is 0 Å². The molecule has 0 atom stereocenters. The van der Waals surface area contributed by atoms with Crippen molar-refractivity contribution in [1.29, 1.82) is 0 Å². The van der Waals surface area contributed by atoms with Crippen LogP contribution in [0.2, 0.25) is 0 Å². The summed E-state index contributed by atoms with van der Waals surface area (Å²) in [5, 5.41) is 0. The van der Waals surface area contributed by atoms with Crippen molar-refractivity contribution < 1.29 is 27.1 Å². The summed E-state index contributed by atoms with van der Waals surface area (Å²) in [6.07, 6.45) is 4.12. The Hall–Kier alpha value is 0.960. The Morgan fingerprint density at radius 1 is 1.30 bits per heavy atom. The predicted octanol–water partition coefficient (Wildman–Crippen LogP) is -2.52. The van der Waals surface area contributed by atoms with E-state index in [0.717, 1.165) is 9.23 Å². The van der Waals surface area contributed by atoms with Crippen molar-refractivity contribution in [2.45, 2.75) is 0 Å². The summed E-state index contributed by atoms with van der Waals surface area (Å²) < 4.78 is 17.9. The summed E-state index contributed by atoms with van der Waals surface area (Å²) in [5.74, 6) is 0. The number of halogens is 1. The summed E-state index contributed by atoms with van der Waals surface area (Å²) in [6.45, 7) is 0. The van der Waals surface area contributed by atoms with E-state index in [9.17, 15) is 0 Å². The van der Waals surface area contributed by atoms with Crippen molar-refractivity contribution in [1.82, 2.24) is 3.53 Å². The zero-order valence-corrected chi connectivity index (χ0v) is 9.20. The molecule has 10 heavy (non-hydrogen) atoms. The second kappa shape index (κ2) is 2.22. The topological polar surface area (TPSA) is 40.4 Å². The molecule has 2 aliphatic rings. The van der Waals surface area contributed by atoms with Crippen LogP contribution in [0.4, 0.5) is 0 Å². The third kappa shape index (κ3) is 1.42. The third-order valence-electron chi connectivity index (χ3n) is 1.59. The summed E-state index contributed by atoms with van der Waals surface area (Å²) in [7, 11) is -1.11. The molecule has 0 amide bonds. The standard InChI is InChI=1S/C5H13INO2S/c1-10(2)8-4-6(3-7-6)5-9-10/h7H,3-5H2,1-2H3/q-1. The van der Waals surface area contributed by atoms with E-state index >= 15 is 0 Å². The Kier molecular flexibility index (Phi) is 1.69. The first-order chi connectivity index (χ1) is 4.62. The van der Waals surface area contributed by atoms with Gasteiger partial charge < -0.3 is 0 Å². The molecule has 0 aromatic carbocycles. The fourth-order valence-electron chi connectivity index (χ4n) is 0.676. The predicted molar refractivity (Wildman–Crippen MR) is 39.3 cm³/mol. The molecule has 2 aliphatic heterocycles. The van der Waals surface area contributed by atoms with Gasteiger partial charge in [0.15, 0.2) is 0 Å². The van der Waals surface area contributed by atoms with Gasteiger partial charge in [0, 0.05) is 0 Å². The van der Waals surface area contributed by atoms with E-state index in [0.29, 0.717) is 0 Å². The third-order valence-corrected chi connectivity index (χ3v) is 9.73. The average Bonchev–Trinajstić information content (AvgIpc) is 2.60. The van der Waals surface area contributed by atoms with Gasteiger partial charge in [-0.15, -0.1) is 0 Å². The van der Waals surface area contributed by atoms with E-state index in [4.69, 9.17) is 8.37 Å². The second-order valence-corrected chi connectivity index (χ2v) is 13.9. The molecule has 2 saturated heterocycles. The summed E-state index contributed by atoms with van der Waals surface area (Å²) in [5.41, 5.74) is 0. The Balaban J connectivity index is 1.95. The molecule has 0 bridgehead atoms. The average molecular weight is 278 g/mol. The molecule has 2 fully saturated rings. The van der Waals surface area contributed by atoms with Crippen LogP contribution in [0.15, 0.2) is 0 Å². The van der Waals surface area contributed by atoms with Crippen molar-refractivity contribution in [2.24, 2.45) is 0 Å². The fraction of sp³-hybridized carbons (Fsp3) is 1.00. The van der Waals surface area contributed by atoms with E-state index in [1.54, 1.807) is 0 Å². The van der Waals surface area contributed by atoms with Gasteiger partial charge in [-0.1, -0.05) is 0 Å². The Morgan fingerprint density at radius 2 is 1.80 bits per heavy atom. The van der Waals surface area contributed by atoms with Crippen molar-refractivity contribution in [2.75, 3.05) is 26.3 Å². The fourth-order valence-corrected chi connectivity index (χ4v) is 12.3. The first-order valence-electron chi connectivity index (χ1n) is 3.07. The van der Waals surface area contributed by atoms with E-state index in [1.165, 1.54) is 4.55 Å². The van der Waals surface area contributed by atoms with Crippen LogP contribution in [0.3, 0.4) is 0 Å². The number of hydrogen-bond donors (Lipinski definition) is 1. The van der Waals surface area contributed by atoms with E-state index < -0.39 is 29.3 Å². The first-order valence-corrected chi connectivity index (χ1v) is 11.0. The van der Waals surface area contributed by atoms with Gasteiger partial charge in [-0.3, -0.25) is 0 Å². The molecule has 0 aliphatic carbocycles. The van der Waals surface area contributed by atoms with Gasteiger partial charge in [-0.05, 0) is 0 Å². The molecule has 0 radical (unpaired) electrons. The molecule has 1 N–H and O–H groups in total. The van der Waals surface area contributed by atoms with Crippen LogP contribution in [-0.2, 0) is 8.37 Å². The van der Waals surface area contributed by atoms with Gasteiger partial charge in [0.2, 0.25) is 0 Å². The second-order valence-electron chi connectivity index (χ2n) is 2.83. The minimum atomic E-state index is -1.49. The Labute approximate surface area is 67.4 Å². The van der Waals surface area contributed by atoms with Crippen LogP contribution in [-0.4, -0.2) is 26.3 Å². The molecule has 0 aromatic heterocycles. The maximum atomic E-state index is 5.62. The normalized spacial score (nSPS) is 40.6. The molecule has 0 aromatic rings. The number of nitrogens with one attached hydrogen (secondary N) is 1. The molecule has 2 rings (SSSR count). The van der Waals surface area contributed by atoms with E-state index in [1.807, 2.05) is 0 Å². The van der Waals surface area contributed by atoms with Crippen LogP contribution in [0.5, 0.6) is 0 Å². The summed E-state index contributed by atoms with van der Waals surface area (Å²) >= 11 is -1.49. The van der Waals surface area contributed by atoms with Crippen molar-refractivity contribution >= 4 is 10.6 Å². The maximum absolute atomic E-state index is 5.62. The van der Waals surface area contributed by atoms with Crippen LogP contribution >= 0.6 is 10.6 Å². The van der Waals surface area contributed by atoms with Gasteiger partial charge in [0.05, 0.1) is 0 Å². The molecule has 1 spiro atoms. The monoisotopic (exact) mass is 278 g/mol. The zero-order chi connectivity index (χ0) is 7.24. The minimum absolute atomic E-state index is 1.01. The molecule has 64 valence electrons. The Morgan fingerprint density at radius 3 is 2.20 bits per heavy atom. The zero-order valence-electron chi connectivity index (χ0n) is 6.22. The summed E-state index contributed by atoms with van der Waals surface area (Å²) in [4.78, 5) is 0. The molecule has 2 heterocycles. The molecule has 0 unspecified atom stereocenters. The van der Waals surface area contributed by atoms with Gasteiger partial charge in [-0.25, -0.2) is 0 Å². The van der Waals surface area contributed by atoms with Crippen molar-refractivity contribution in [3.05, 3.63) is 0 Å². The molecule has 0 saturated carbocycles. The molecule has 5 heteroatoms. The van der Waals surface area contributed by atoms with Crippen LogP contribution in [0, 0.1) is 0 Å². The summed E-state index contributed by atoms with van der Waals surface area (Å²) in [6, 6.07) is 0. The van der Waals surface area contributed by atoms with Crippen molar-refractivity contribution in [3.63, 3.8) is 0 Å². The quantitative estimate of drug-likeness (QED) is 0.175. The van der Waals surface area contributed by atoms with E-state index in [2.05, 4.69) is 16.0 Å². The molecular weight excluding hydrogens is 265 g/mol. The Bertz CT molecular complexity index is 142. The molecular formula is C5H13INO2S-. The van der Waals surface area contributed by atoms with Crippen LogP contribution in [0.25, 0.3) is 0 Å². The van der Waals surface area contributed by atoms with Gasteiger partial charge in [-0.2, -0.15) is 0 Å². The van der Waals surface area contributed by atoms with Crippen LogP contribution < -0.4 is 22.2 Å². The molecule has 3 nitrogen and oxygen atoms in total. The first kappa shape index (κ1) is 7.60. The van der Waals surface area contributed by atoms with Gasteiger partial charge >= 0.3 is 67.5 Å². The SMILES string of the molecule is CS1(C)OC[I-]2(CN2)CO1. The van der Waals surface area contributed by atoms with Gasteiger partial charge in [0.1, 0.15) is 0 Å². The van der Waals surface area contributed by atoms with Gasteiger partial charge in [0.25, 0.3) is 0 Å². The number of hydrogen-bond acceptors (Lipinski definition) is 3. The number of alkyl halides is 3. The number of rotatable bonds is 0. The van der Waals surface area contributed by atoms with E-state index in [-0.39, 0.29) is 0 Å². The van der Waals surface area contributed by atoms with Crippen LogP contribution in [0.1, 0.15) is 0 Å².